The maximum atomic E-state index is 4.24. The van der Waals surface area contributed by atoms with Crippen molar-refractivity contribution < 1.29 is 0 Å². The second kappa shape index (κ2) is 15.3. The summed E-state index contributed by atoms with van der Waals surface area (Å²) in [5, 5.41) is 13.8. The molecule has 73 heavy (non-hydrogen) atoms. The zero-order chi connectivity index (χ0) is 48.1. The van der Waals surface area contributed by atoms with Crippen molar-refractivity contribution in [2.75, 3.05) is 9.80 Å². The van der Waals surface area contributed by atoms with Gasteiger partial charge < -0.3 is 18.6 Å². The van der Waals surface area contributed by atoms with Crippen molar-refractivity contribution in [1.29, 1.82) is 0 Å². The molecular formula is C67H42N4S2. The SMILES string of the molecule is C=Cc1sc2c(N(c3ccccc3)c3ccc4c5cc6c(cc5n5c7ccccc7c3c45)c3ccc(N(c4ccccc4)c4cccc5c4sc4ccccc45)c4c5ccccc5n6c34)cccc2c1/C=C\C. The number of hydrogen-bond acceptors (Lipinski definition) is 4. The minimum atomic E-state index is 1.11. The van der Waals surface area contributed by atoms with E-state index in [1.165, 1.54) is 128 Å². The fourth-order valence-corrected chi connectivity index (χ4v) is 14.9. The van der Waals surface area contributed by atoms with Gasteiger partial charge in [0, 0.05) is 85.8 Å². The Labute approximate surface area is 427 Å². The van der Waals surface area contributed by atoms with Gasteiger partial charge in [0.25, 0.3) is 0 Å². The normalized spacial score (nSPS) is 12.5. The van der Waals surface area contributed by atoms with Crippen LogP contribution in [0.15, 0.2) is 219 Å². The van der Waals surface area contributed by atoms with E-state index in [0.717, 1.165) is 22.7 Å². The lowest BCUT2D eigenvalue weighted by molar-refractivity contribution is 1.32. The quantitative estimate of drug-likeness (QED) is 0.151. The van der Waals surface area contributed by atoms with Gasteiger partial charge in [-0.05, 0) is 85.8 Å². The van der Waals surface area contributed by atoms with Gasteiger partial charge in [-0.25, -0.2) is 0 Å². The molecule has 10 aromatic carbocycles. The molecule has 0 fully saturated rings. The molecule has 0 unspecified atom stereocenters. The minimum absolute atomic E-state index is 1.11. The number of nitrogens with zero attached hydrogens (tertiary/aromatic N) is 4. The zero-order valence-electron chi connectivity index (χ0n) is 39.7. The van der Waals surface area contributed by atoms with Crippen molar-refractivity contribution in [2.24, 2.45) is 0 Å². The molecule has 16 aromatic rings. The number of aromatic nitrogens is 2. The third-order valence-electron chi connectivity index (χ3n) is 15.4. The number of para-hydroxylation sites is 4. The van der Waals surface area contributed by atoms with Crippen LogP contribution >= 0.6 is 22.7 Å². The first kappa shape index (κ1) is 40.8. The first-order valence-corrected chi connectivity index (χ1v) is 26.5. The summed E-state index contributed by atoms with van der Waals surface area (Å²) in [6, 6.07) is 76.6. The minimum Gasteiger partial charge on any atom is -0.308 e. The summed E-state index contributed by atoms with van der Waals surface area (Å²) in [7, 11) is 0. The van der Waals surface area contributed by atoms with E-state index in [4.69, 9.17) is 0 Å². The summed E-state index contributed by atoms with van der Waals surface area (Å²) < 4.78 is 8.92. The molecule has 0 saturated carbocycles. The Balaban J connectivity index is 0.980. The summed E-state index contributed by atoms with van der Waals surface area (Å²) in [6.45, 7) is 6.33. The summed E-state index contributed by atoms with van der Waals surface area (Å²) in [5.41, 5.74) is 15.4. The van der Waals surface area contributed by atoms with Crippen molar-refractivity contribution in [3.8, 4) is 0 Å². The predicted octanol–water partition coefficient (Wildman–Crippen LogP) is 20.2. The average Bonchev–Trinajstić information content (AvgIpc) is 4.30. The van der Waals surface area contributed by atoms with Gasteiger partial charge in [0.05, 0.1) is 65.2 Å². The standard InChI is InChI=1S/C67H42N4S2/c1-3-19-42-46-27-17-31-56(66(46)72-60(42)4-2)68(40-20-7-5-8-21-40)54-36-34-44-50-38-59-51(39-58(50)70-52-29-14-11-25-48(52)62(54)64(44)70)45-35-37-55(63-49-26-12-15-30-53(49)71(59)65(45)63)69(41-22-9-6-10-23-41)57-32-18-28-47-43-24-13-16-33-61(43)73-67(47)57/h3-39H,2H2,1H3/b19-3-. The van der Waals surface area contributed by atoms with Gasteiger partial charge in [-0.3, -0.25) is 0 Å². The average molecular weight is 967 g/mol. The molecule has 0 radical (unpaired) electrons. The van der Waals surface area contributed by atoms with E-state index in [-0.39, 0.29) is 0 Å². The topological polar surface area (TPSA) is 15.3 Å². The van der Waals surface area contributed by atoms with Crippen LogP contribution in [-0.4, -0.2) is 8.80 Å². The van der Waals surface area contributed by atoms with Gasteiger partial charge in [0.2, 0.25) is 0 Å². The first-order chi connectivity index (χ1) is 36.2. The number of allylic oxidation sites excluding steroid dienone is 1. The number of benzene rings is 10. The molecule has 0 spiro atoms. The fourth-order valence-electron chi connectivity index (χ4n) is 12.5. The molecule has 0 bridgehead atoms. The summed E-state index contributed by atoms with van der Waals surface area (Å²) in [5.74, 6) is 0. The first-order valence-electron chi connectivity index (χ1n) is 24.9. The Bertz CT molecular complexity index is 4950. The van der Waals surface area contributed by atoms with Crippen LogP contribution in [-0.2, 0) is 0 Å². The van der Waals surface area contributed by atoms with Crippen LogP contribution in [0.1, 0.15) is 17.4 Å². The van der Waals surface area contributed by atoms with Crippen molar-refractivity contribution in [3.05, 3.63) is 229 Å². The predicted molar refractivity (Wildman–Crippen MR) is 318 cm³/mol. The number of anilines is 6. The molecular weight excluding hydrogens is 925 g/mol. The highest BCUT2D eigenvalue weighted by atomic mass is 32.1. The van der Waals surface area contributed by atoms with Crippen LogP contribution in [0.4, 0.5) is 34.1 Å². The van der Waals surface area contributed by atoms with Crippen molar-refractivity contribution >= 4 is 175 Å². The molecule has 0 saturated heterocycles. The van der Waals surface area contributed by atoms with E-state index in [1.807, 2.05) is 28.7 Å². The molecule has 0 atom stereocenters. The van der Waals surface area contributed by atoms with Crippen LogP contribution < -0.4 is 9.80 Å². The highest BCUT2D eigenvalue weighted by Gasteiger charge is 2.29. The molecule has 4 nitrogen and oxygen atoms in total. The lowest BCUT2D eigenvalue weighted by Gasteiger charge is -2.27. The molecule has 0 N–H and O–H groups in total. The van der Waals surface area contributed by atoms with E-state index >= 15 is 0 Å². The van der Waals surface area contributed by atoms with E-state index in [0.29, 0.717) is 0 Å². The fraction of sp³-hybridized carbons (Fsp3) is 0.0149. The van der Waals surface area contributed by atoms with Crippen molar-refractivity contribution in [2.45, 2.75) is 6.92 Å². The highest BCUT2D eigenvalue weighted by Crippen LogP contribution is 2.53. The molecule has 6 heteroatoms. The third kappa shape index (κ3) is 5.48. The maximum absolute atomic E-state index is 4.24. The van der Waals surface area contributed by atoms with Crippen LogP contribution in [0.3, 0.4) is 0 Å². The van der Waals surface area contributed by atoms with Gasteiger partial charge in [0.15, 0.2) is 0 Å². The Kier molecular flexibility index (Phi) is 8.53. The van der Waals surface area contributed by atoms with E-state index in [9.17, 15) is 0 Å². The smallest absolute Gasteiger partial charge is 0.0641 e. The Morgan fingerprint density at radius 1 is 0.397 bits per heavy atom. The van der Waals surface area contributed by atoms with Gasteiger partial charge in [-0.1, -0.05) is 152 Å². The van der Waals surface area contributed by atoms with E-state index < -0.39 is 0 Å². The van der Waals surface area contributed by atoms with Gasteiger partial charge in [0.1, 0.15) is 0 Å². The Hall–Kier alpha value is -8.94. The molecule has 16 rings (SSSR count). The van der Waals surface area contributed by atoms with Crippen LogP contribution in [0.25, 0.3) is 119 Å². The molecule has 0 aliphatic heterocycles. The molecule has 6 heterocycles. The molecule has 6 aromatic heterocycles. The Morgan fingerprint density at radius 2 is 0.877 bits per heavy atom. The van der Waals surface area contributed by atoms with E-state index in [2.05, 4.69) is 251 Å². The molecule has 342 valence electrons. The van der Waals surface area contributed by atoms with E-state index in [1.54, 1.807) is 0 Å². The number of rotatable bonds is 8. The molecule has 0 aliphatic carbocycles. The van der Waals surface area contributed by atoms with Crippen molar-refractivity contribution in [1.82, 2.24) is 8.80 Å². The summed E-state index contributed by atoms with van der Waals surface area (Å²) >= 11 is 3.69. The zero-order valence-corrected chi connectivity index (χ0v) is 41.3. The largest absolute Gasteiger partial charge is 0.308 e. The molecule has 0 amide bonds. The van der Waals surface area contributed by atoms with Gasteiger partial charge in [-0.15, -0.1) is 22.7 Å². The number of thiophene rings is 2. The summed E-state index contributed by atoms with van der Waals surface area (Å²) in [6.07, 6.45) is 6.35. The number of hydrogen-bond donors (Lipinski definition) is 0. The monoisotopic (exact) mass is 966 g/mol. The van der Waals surface area contributed by atoms with Gasteiger partial charge in [-0.2, -0.15) is 0 Å². The second-order valence-electron chi connectivity index (χ2n) is 19.1. The van der Waals surface area contributed by atoms with Gasteiger partial charge >= 0.3 is 0 Å². The summed E-state index contributed by atoms with van der Waals surface area (Å²) in [4.78, 5) is 6.17. The van der Waals surface area contributed by atoms with Crippen LogP contribution in [0.2, 0.25) is 0 Å². The maximum Gasteiger partial charge on any atom is 0.0641 e. The Morgan fingerprint density at radius 3 is 1.42 bits per heavy atom. The third-order valence-corrected chi connectivity index (χ3v) is 17.9. The van der Waals surface area contributed by atoms with Crippen LogP contribution in [0, 0.1) is 0 Å². The second-order valence-corrected chi connectivity index (χ2v) is 21.2. The lowest BCUT2D eigenvalue weighted by Crippen LogP contribution is -2.10. The lowest BCUT2D eigenvalue weighted by atomic mass is 10.0. The highest BCUT2D eigenvalue weighted by molar-refractivity contribution is 7.26. The number of fused-ring (bicyclic) bond motifs is 16. The van der Waals surface area contributed by atoms with Crippen molar-refractivity contribution in [3.63, 3.8) is 0 Å². The molecule has 0 aliphatic rings. The van der Waals surface area contributed by atoms with Crippen LogP contribution in [0.5, 0.6) is 0 Å².